The van der Waals surface area contributed by atoms with E-state index in [0.29, 0.717) is 12.1 Å². The molecule has 7 heteroatoms. The van der Waals surface area contributed by atoms with Gasteiger partial charge in [0.2, 0.25) is 0 Å². The van der Waals surface area contributed by atoms with Gasteiger partial charge in [0.1, 0.15) is 0 Å². The highest BCUT2D eigenvalue weighted by Crippen LogP contribution is 2.36. The summed E-state index contributed by atoms with van der Waals surface area (Å²) in [5.41, 5.74) is 1.45. The maximum Gasteiger partial charge on any atom is 0.191 e. The molecule has 0 amide bonds. The van der Waals surface area contributed by atoms with Crippen molar-refractivity contribution in [3.63, 3.8) is 0 Å². The third-order valence-corrected chi connectivity index (χ3v) is 6.41. The number of nitrogens with zero attached hydrogens (tertiary/aromatic N) is 4. The summed E-state index contributed by atoms with van der Waals surface area (Å²) in [7, 11) is 1.97. The minimum atomic E-state index is 0.323. The molecule has 0 atom stereocenters. The van der Waals surface area contributed by atoms with E-state index in [-0.39, 0.29) is 0 Å². The summed E-state index contributed by atoms with van der Waals surface area (Å²) in [4.78, 5) is 7.51. The molecule has 2 heterocycles. The van der Waals surface area contributed by atoms with E-state index in [1.807, 2.05) is 24.0 Å². The van der Waals surface area contributed by atoms with Crippen LogP contribution >= 0.6 is 11.8 Å². The molecule has 0 aromatic carbocycles. The van der Waals surface area contributed by atoms with Crippen LogP contribution in [0, 0.1) is 0 Å². The van der Waals surface area contributed by atoms with E-state index < -0.39 is 0 Å². The highest BCUT2D eigenvalue weighted by Gasteiger charge is 2.39. The summed E-state index contributed by atoms with van der Waals surface area (Å²) in [5, 5.41) is 11.3. The lowest BCUT2D eigenvalue weighted by Gasteiger charge is -2.43. The zero-order valence-corrected chi connectivity index (χ0v) is 16.4. The van der Waals surface area contributed by atoms with Crippen LogP contribution < -0.4 is 10.6 Å². The molecule has 6 nitrogen and oxygen atoms in total. The standard InChI is InChI=1S/C18H32N6S/c1-3-19-17(20-14-16-6-9-22-23(16)2)21-15-18(7-4-5-8-18)24-10-12-25-13-11-24/h6,9H,3-5,7-8,10-15H2,1-2H3,(H2,19,20,21). The Morgan fingerprint density at radius 3 is 2.68 bits per heavy atom. The molecule has 1 aromatic rings. The maximum absolute atomic E-state index is 4.76. The number of rotatable bonds is 6. The molecule has 25 heavy (non-hydrogen) atoms. The zero-order valence-electron chi connectivity index (χ0n) is 15.6. The highest BCUT2D eigenvalue weighted by molar-refractivity contribution is 7.99. The Morgan fingerprint density at radius 2 is 2.04 bits per heavy atom. The van der Waals surface area contributed by atoms with Gasteiger partial charge in [-0.15, -0.1) is 0 Å². The molecule has 3 rings (SSSR count). The van der Waals surface area contributed by atoms with Crippen LogP contribution in [0.2, 0.25) is 0 Å². The first-order chi connectivity index (χ1) is 12.2. The van der Waals surface area contributed by atoms with Crippen LogP contribution in [0.3, 0.4) is 0 Å². The van der Waals surface area contributed by atoms with Gasteiger partial charge in [0.25, 0.3) is 0 Å². The lowest BCUT2D eigenvalue weighted by atomic mass is 9.94. The normalized spacial score (nSPS) is 21.4. The number of hydrogen-bond donors (Lipinski definition) is 2. The third kappa shape index (κ3) is 4.70. The van der Waals surface area contributed by atoms with E-state index >= 15 is 0 Å². The molecule has 0 bridgehead atoms. The van der Waals surface area contributed by atoms with Crippen molar-refractivity contribution in [1.29, 1.82) is 0 Å². The predicted molar refractivity (Wildman–Crippen MR) is 106 cm³/mol. The van der Waals surface area contributed by atoms with Crippen LogP contribution in [0.25, 0.3) is 0 Å². The summed E-state index contributed by atoms with van der Waals surface area (Å²) < 4.78 is 1.89. The number of aryl methyl sites for hydroxylation is 1. The lowest BCUT2D eigenvalue weighted by Crippen LogP contribution is -2.57. The van der Waals surface area contributed by atoms with Crippen LogP contribution in [-0.4, -0.2) is 63.9 Å². The smallest absolute Gasteiger partial charge is 0.191 e. The molecule has 1 aromatic heterocycles. The van der Waals surface area contributed by atoms with Crippen LogP contribution in [0.4, 0.5) is 0 Å². The van der Waals surface area contributed by atoms with E-state index in [0.717, 1.165) is 24.7 Å². The number of hydrogen-bond acceptors (Lipinski definition) is 4. The lowest BCUT2D eigenvalue weighted by molar-refractivity contribution is 0.107. The molecular formula is C18H32N6S. The van der Waals surface area contributed by atoms with E-state index in [4.69, 9.17) is 4.99 Å². The van der Waals surface area contributed by atoms with Gasteiger partial charge in [-0.3, -0.25) is 9.58 Å². The van der Waals surface area contributed by atoms with Gasteiger partial charge < -0.3 is 10.6 Å². The van der Waals surface area contributed by atoms with Crippen molar-refractivity contribution in [2.75, 3.05) is 37.7 Å². The zero-order chi connectivity index (χ0) is 17.5. The fraction of sp³-hybridized carbons (Fsp3) is 0.778. The average molecular weight is 365 g/mol. The van der Waals surface area contributed by atoms with Crippen LogP contribution in [0.15, 0.2) is 17.3 Å². The number of aliphatic imine (C=N–C) groups is 1. The molecule has 2 N–H and O–H groups in total. The van der Waals surface area contributed by atoms with Crippen molar-refractivity contribution in [3.05, 3.63) is 18.0 Å². The highest BCUT2D eigenvalue weighted by atomic mass is 32.2. The summed E-state index contributed by atoms with van der Waals surface area (Å²) >= 11 is 2.09. The summed E-state index contributed by atoms with van der Waals surface area (Å²) in [5.74, 6) is 3.47. The van der Waals surface area contributed by atoms with Crippen molar-refractivity contribution >= 4 is 17.7 Å². The van der Waals surface area contributed by atoms with Crippen LogP contribution in [-0.2, 0) is 13.6 Å². The Balaban J connectivity index is 1.63. The Kier molecular flexibility index (Phi) is 6.64. The van der Waals surface area contributed by atoms with E-state index in [1.165, 1.54) is 50.3 Å². The second-order valence-electron chi connectivity index (χ2n) is 7.03. The van der Waals surface area contributed by atoms with E-state index in [2.05, 4.69) is 39.3 Å². The first-order valence-electron chi connectivity index (χ1n) is 9.55. The molecule has 0 radical (unpaired) electrons. The molecular weight excluding hydrogens is 332 g/mol. The second kappa shape index (κ2) is 8.94. The van der Waals surface area contributed by atoms with E-state index in [1.54, 1.807) is 0 Å². The van der Waals surface area contributed by atoms with E-state index in [9.17, 15) is 0 Å². The molecule has 2 fully saturated rings. The van der Waals surface area contributed by atoms with Gasteiger partial charge >= 0.3 is 0 Å². The summed E-state index contributed by atoms with van der Waals surface area (Å²) in [6, 6.07) is 2.02. The predicted octanol–water partition coefficient (Wildman–Crippen LogP) is 1.84. The molecule has 2 aliphatic rings. The van der Waals surface area contributed by atoms with Gasteiger partial charge in [-0.2, -0.15) is 16.9 Å². The number of guanidine groups is 1. The van der Waals surface area contributed by atoms with Crippen molar-refractivity contribution in [1.82, 2.24) is 25.3 Å². The maximum atomic E-state index is 4.76. The summed E-state index contributed by atoms with van der Waals surface area (Å²) in [6.45, 7) is 7.11. The molecule has 1 aliphatic heterocycles. The molecule has 0 unspecified atom stereocenters. The van der Waals surface area contributed by atoms with Crippen molar-refractivity contribution in [2.24, 2.45) is 12.0 Å². The minimum Gasteiger partial charge on any atom is -0.357 e. The van der Waals surface area contributed by atoms with Crippen LogP contribution in [0.1, 0.15) is 38.3 Å². The monoisotopic (exact) mass is 364 g/mol. The first-order valence-corrected chi connectivity index (χ1v) is 10.7. The van der Waals surface area contributed by atoms with Crippen LogP contribution in [0.5, 0.6) is 0 Å². The second-order valence-corrected chi connectivity index (χ2v) is 8.25. The van der Waals surface area contributed by atoms with Gasteiger partial charge in [-0.25, -0.2) is 4.99 Å². The van der Waals surface area contributed by atoms with Gasteiger partial charge in [0, 0.05) is 56.5 Å². The SMILES string of the molecule is CCNC(=NCc1ccnn1C)NCC1(N2CCSCC2)CCCC1. The Hall–Kier alpha value is -1.21. The fourth-order valence-corrected chi connectivity index (χ4v) is 4.89. The average Bonchev–Trinajstić information content (AvgIpc) is 3.28. The van der Waals surface area contributed by atoms with Gasteiger partial charge in [-0.1, -0.05) is 12.8 Å². The first kappa shape index (κ1) is 18.6. The molecule has 0 spiro atoms. The van der Waals surface area contributed by atoms with Gasteiger partial charge in [0.05, 0.1) is 12.2 Å². The van der Waals surface area contributed by atoms with Gasteiger partial charge in [-0.05, 0) is 25.8 Å². The number of thioether (sulfide) groups is 1. The minimum absolute atomic E-state index is 0.323. The molecule has 1 aliphatic carbocycles. The number of aromatic nitrogens is 2. The van der Waals surface area contributed by atoms with Crippen molar-refractivity contribution in [2.45, 2.75) is 44.7 Å². The van der Waals surface area contributed by atoms with Crippen molar-refractivity contribution in [3.8, 4) is 0 Å². The fourth-order valence-electron chi connectivity index (χ4n) is 3.98. The molecule has 1 saturated heterocycles. The Bertz CT molecular complexity index is 558. The Labute approximate surface area is 155 Å². The van der Waals surface area contributed by atoms with Crippen molar-refractivity contribution < 1.29 is 0 Å². The number of nitrogens with one attached hydrogen (secondary N) is 2. The quantitative estimate of drug-likeness (QED) is 0.596. The largest absolute Gasteiger partial charge is 0.357 e. The third-order valence-electron chi connectivity index (χ3n) is 5.47. The molecule has 140 valence electrons. The van der Waals surface area contributed by atoms with Gasteiger partial charge in [0.15, 0.2) is 5.96 Å². The Morgan fingerprint density at radius 1 is 1.28 bits per heavy atom. The topological polar surface area (TPSA) is 57.5 Å². The summed E-state index contributed by atoms with van der Waals surface area (Å²) in [6.07, 6.45) is 7.16. The molecule has 1 saturated carbocycles.